The Hall–Kier alpha value is -3.08. The van der Waals surface area contributed by atoms with Gasteiger partial charge in [-0.1, -0.05) is 51.1 Å². The molecule has 32 heavy (non-hydrogen) atoms. The van der Waals surface area contributed by atoms with Gasteiger partial charge in [-0.25, -0.2) is 0 Å². The average molecular weight is 432 g/mol. The Bertz CT molecular complexity index is 1140. The van der Waals surface area contributed by atoms with E-state index in [0.717, 1.165) is 31.4 Å². The number of carbonyl (C=O) groups is 2. The molecule has 0 unspecified atom stereocenters. The quantitative estimate of drug-likeness (QED) is 0.604. The van der Waals surface area contributed by atoms with Gasteiger partial charge < -0.3 is 15.2 Å². The van der Waals surface area contributed by atoms with Crippen LogP contribution in [0.1, 0.15) is 67.2 Å². The fourth-order valence-corrected chi connectivity index (χ4v) is 4.67. The molecule has 1 aliphatic heterocycles. The normalized spacial score (nSPS) is 13.9. The molecule has 0 fully saturated rings. The van der Waals surface area contributed by atoms with Gasteiger partial charge in [0, 0.05) is 41.7 Å². The maximum atomic E-state index is 13.0. The van der Waals surface area contributed by atoms with Gasteiger partial charge in [-0.15, -0.1) is 0 Å². The molecule has 0 radical (unpaired) electrons. The molecule has 0 aliphatic carbocycles. The number of hydrogen-bond acceptors (Lipinski definition) is 2. The molecular weight excluding hydrogens is 398 g/mol. The number of para-hydroxylation sites is 1. The number of nitrogens with two attached hydrogens (primary N) is 1. The zero-order valence-electron chi connectivity index (χ0n) is 19.4. The summed E-state index contributed by atoms with van der Waals surface area (Å²) in [5, 5.41) is 1.27. The van der Waals surface area contributed by atoms with Crippen molar-refractivity contribution in [2.24, 2.45) is 11.1 Å². The van der Waals surface area contributed by atoms with Gasteiger partial charge >= 0.3 is 0 Å². The second kappa shape index (κ2) is 8.81. The van der Waals surface area contributed by atoms with Crippen molar-refractivity contribution in [3.8, 4) is 0 Å². The van der Waals surface area contributed by atoms with E-state index in [0.29, 0.717) is 25.1 Å². The molecule has 4 rings (SSSR count). The average Bonchev–Trinajstić information content (AvgIpc) is 3.06. The number of primary amides is 1. The number of aromatic nitrogens is 1. The first-order valence-electron chi connectivity index (χ1n) is 11.5. The highest BCUT2D eigenvalue weighted by Gasteiger charge is 2.26. The van der Waals surface area contributed by atoms with Crippen LogP contribution >= 0.6 is 0 Å². The van der Waals surface area contributed by atoms with Crippen molar-refractivity contribution in [2.45, 2.75) is 59.5 Å². The van der Waals surface area contributed by atoms with E-state index in [9.17, 15) is 9.59 Å². The lowest BCUT2D eigenvalue weighted by atomic mass is 9.90. The number of fused-ring (bicyclic) bond motifs is 3. The molecule has 168 valence electrons. The van der Waals surface area contributed by atoms with E-state index < -0.39 is 5.91 Å². The Morgan fingerprint density at radius 3 is 2.44 bits per heavy atom. The summed E-state index contributed by atoms with van der Waals surface area (Å²) in [7, 11) is 0. The second-order valence-electron chi connectivity index (χ2n) is 10.1. The Morgan fingerprint density at radius 1 is 1.03 bits per heavy atom. The van der Waals surface area contributed by atoms with Crippen LogP contribution in [-0.2, 0) is 24.3 Å². The van der Waals surface area contributed by atoms with Crippen LogP contribution in [0.15, 0.2) is 48.5 Å². The van der Waals surface area contributed by atoms with Crippen molar-refractivity contribution < 1.29 is 9.59 Å². The minimum atomic E-state index is -0.416. The lowest BCUT2D eigenvalue weighted by Gasteiger charge is -2.29. The number of hydrogen-bond donors (Lipinski definition) is 1. The summed E-state index contributed by atoms with van der Waals surface area (Å²) in [5.41, 5.74) is 11.0. The molecule has 1 aromatic heterocycles. The standard InChI is InChI=1S/C27H33N3O2/c1-27(2,3)15-6-9-25(31)29-16-14-22-21-7-4-5-8-23(21)30(24(22)18-29)17-19-10-12-20(13-11-19)26(28)32/h4-5,7-8,10-13H,6,9,14-18H2,1-3H3,(H2,28,32). The molecule has 5 nitrogen and oxygen atoms in total. The molecule has 0 bridgehead atoms. The molecule has 5 heteroatoms. The largest absolute Gasteiger partial charge is 0.366 e. The highest BCUT2D eigenvalue weighted by Crippen LogP contribution is 2.32. The van der Waals surface area contributed by atoms with Gasteiger partial charge in [-0.3, -0.25) is 9.59 Å². The van der Waals surface area contributed by atoms with Crippen LogP contribution in [0, 0.1) is 5.41 Å². The zero-order chi connectivity index (χ0) is 22.9. The van der Waals surface area contributed by atoms with E-state index >= 15 is 0 Å². The maximum Gasteiger partial charge on any atom is 0.248 e. The summed E-state index contributed by atoms with van der Waals surface area (Å²) in [4.78, 5) is 26.4. The third-order valence-electron chi connectivity index (χ3n) is 6.42. The molecule has 0 spiro atoms. The molecule has 0 saturated heterocycles. The van der Waals surface area contributed by atoms with Crippen molar-refractivity contribution in [2.75, 3.05) is 6.54 Å². The fraction of sp³-hybridized carbons (Fsp3) is 0.407. The van der Waals surface area contributed by atoms with Crippen molar-refractivity contribution in [1.29, 1.82) is 0 Å². The first kappa shape index (κ1) is 22.1. The Kier molecular flexibility index (Phi) is 6.09. The van der Waals surface area contributed by atoms with Crippen LogP contribution in [0.4, 0.5) is 0 Å². The first-order chi connectivity index (χ1) is 15.2. The fourth-order valence-electron chi connectivity index (χ4n) is 4.67. The number of carbonyl (C=O) groups excluding carboxylic acids is 2. The number of benzene rings is 2. The molecule has 2 aromatic carbocycles. The van der Waals surface area contributed by atoms with Gasteiger partial charge in [0.15, 0.2) is 0 Å². The van der Waals surface area contributed by atoms with Crippen molar-refractivity contribution >= 4 is 22.7 Å². The molecule has 0 atom stereocenters. The van der Waals surface area contributed by atoms with Crippen LogP contribution in [0.5, 0.6) is 0 Å². The van der Waals surface area contributed by atoms with E-state index in [-0.39, 0.29) is 11.3 Å². The molecule has 3 aromatic rings. The number of rotatable bonds is 6. The van der Waals surface area contributed by atoms with Crippen molar-refractivity contribution in [3.05, 3.63) is 70.9 Å². The van der Waals surface area contributed by atoms with Crippen molar-refractivity contribution in [1.82, 2.24) is 9.47 Å². The van der Waals surface area contributed by atoms with E-state index in [1.165, 1.54) is 22.2 Å². The predicted octanol–water partition coefficient (Wildman–Crippen LogP) is 4.89. The van der Waals surface area contributed by atoms with Crippen molar-refractivity contribution in [3.63, 3.8) is 0 Å². The Morgan fingerprint density at radius 2 is 1.75 bits per heavy atom. The summed E-state index contributed by atoms with van der Waals surface area (Å²) in [6.07, 6.45) is 3.48. The third-order valence-corrected chi connectivity index (χ3v) is 6.42. The summed E-state index contributed by atoms with van der Waals surface area (Å²) in [6.45, 7) is 8.79. The number of nitrogens with zero attached hydrogens (tertiary/aromatic N) is 2. The highest BCUT2D eigenvalue weighted by molar-refractivity contribution is 5.92. The van der Waals surface area contributed by atoms with Gasteiger partial charge in [0.05, 0.1) is 6.54 Å². The van der Waals surface area contributed by atoms with Gasteiger partial charge in [0.2, 0.25) is 11.8 Å². The zero-order valence-corrected chi connectivity index (χ0v) is 19.4. The number of amides is 2. The molecular formula is C27H33N3O2. The smallest absolute Gasteiger partial charge is 0.248 e. The van der Waals surface area contributed by atoms with Crippen LogP contribution < -0.4 is 5.73 Å². The summed E-state index contributed by atoms with van der Waals surface area (Å²) in [6, 6.07) is 16.0. The van der Waals surface area contributed by atoms with Gasteiger partial charge in [0.1, 0.15) is 0 Å². The minimum absolute atomic E-state index is 0.252. The van der Waals surface area contributed by atoms with Gasteiger partial charge in [-0.2, -0.15) is 0 Å². The van der Waals surface area contributed by atoms with E-state index in [2.05, 4.69) is 49.6 Å². The minimum Gasteiger partial charge on any atom is -0.366 e. The summed E-state index contributed by atoms with van der Waals surface area (Å²) < 4.78 is 2.33. The molecule has 2 N–H and O–H groups in total. The summed E-state index contributed by atoms with van der Waals surface area (Å²) >= 11 is 0. The maximum absolute atomic E-state index is 13.0. The highest BCUT2D eigenvalue weighted by atomic mass is 16.2. The molecule has 0 saturated carbocycles. The lowest BCUT2D eigenvalue weighted by molar-refractivity contribution is -0.132. The van der Waals surface area contributed by atoms with E-state index in [4.69, 9.17) is 5.73 Å². The molecule has 1 aliphatic rings. The monoisotopic (exact) mass is 431 g/mol. The van der Waals surface area contributed by atoms with Crippen LogP contribution in [0.25, 0.3) is 10.9 Å². The van der Waals surface area contributed by atoms with Crippen LogP contribution in [0.2, 0.25) is 0 Å². The van der Waals surface area contributed by atoms with Gasteiger partial charge in [-0.05, 0) is 54.0 Å². The third kappa shape index (κ3) is 4.72. The predicted molar refractivity (Wildman–Crippen MR) is 128 cm³/mol. The van der Waals surface area contributed by atoms with Gasteiger partial charge in [0.25, 0.3) is 0 Å². The van der Waals surface area contributed by atoms with Crippen LogP contribution in [-0.4, -0.2) is 27.8 Å². The summed E-state index contributed by atoms with van der Waals surface area (Å²) in [5.74, 6) is -0.163. The Labute approximate surface area is 190 Å². The lowest BCUT2D eigenvalue weighted by Crippen LogP contribution is -2.36. The Balaban J connectivity index is 1.59. The van der Waals surface area contributed by atoms with E-state index in [1.807, 2.05) is 17.0 Å². The second-order valence-corrected chi connectivity index (χ2v) is 10.1. The molecule has 2 amide bonds. The topological polar surface area (TPSA) is 68.3 Å². The first-order valence-corrected chi connectivity index (χ1v) is 11.5. The SMILES string of the molecule is CC(C)(C)CCCC(=O)N1CCc2c(n(Cc3ccc(C(N)=O)cc3)c3ccccc23)C1. The van der Waals surface area contributed by atoms with E-state index in [1.54, 1.807) is 12.1 Å². The van der Waals surface area contributed by atoms with Crippen LogP contribution in [0.3, 0.4) is 0 Å². The molecule has 2 heterocycles.